The van der Waals surface area contributed by atoms with Crippen LogP contribution < -0.4 is 20.1 Å². The average molecular weight is 396 g/mol. The van der Waals surface area contributed by atoms with Crippen LogP contribution in [0.4, 0.5) is 5.69 Å². The Labute approximate surface area is 165 Å². The third-order valence-corrected chi connectivity index (χ3v) is 4.31. The maximum absolute atomic E-state index is 12.3. The molecular formula is C20H16N2O5S. The van der Waals surface area contributed by atoms with Crippen LogP contribution in [0.3, 0.4) is 0 Å². The van der Waals surface area contributed by atoms with E-state index >= 15 is 0 Å². The number of aliphatic hydroxyl groups excluding tert-OH is 1. The number of thiocarbonyl (C=S) groups is 1. The SMILES string of the molecule is O=C(NC(=S)Nc1ccc(-c2ccc(CO)o2)cc1)c1ccc2c(c1)OCO2. The molecule has 28 heavy (non-hydrogen) atoms. The fraction of sp³-hybridized carbons (Fsp3) is 0.100. The molecule has 0 bridgehead atoms. The molecule has 1 aliphatic heterocycles. The molecule has 0 saturated carbocycles. The van der Waals surface area contributed by atoms with Crippen molar-refractivity contribution in [2.24, 2.45) is 0 Å². The number of rotatable bonds is 4. The molecule has 0 fully saturated rings. The first kappa shape index (κ1) is 18.0. The fourth-order valence-electron chi connectivity index (χ4n) is 2.71. The third kappa shape index (κ3) is 3.83. The first-order chi connectivity index (χ1) is 13.6. The van der Waals surface area contributed by atoms with Crippen LogP contribution in [0.2, 0.25) is 0 Å². The van der Waals surface area contributed by atoms with Gasteiger partial charge in [-0.2, -0.15) is 0 Å². The van der Waals surface area contributed by atoms with Crippen LogP contribution in [0, 0.1) is 0 Å². The average Bonchev–Trinajstić information content (AvgIpc) is 3.37. The van der Waals surface area contributed by atoms with Gasteiger partial charge in [0.1, 0.15) is 18.1 Å². The summed E-state index contributed by atoms with van der Waals surface area (Å²) in [5.41, 5.74) is 2.00. The zero-order valence-electron chi connectivity index (χ0n) is 14.6. The molecule has 0 unspecified atom stereocenters. The van der Waals surface area contributed by atoms with Crippen molar-refractivity contribution in [1.82, 2.24) is 5.32 Å². The van der Waals surface area contributed by atoms with Gasteiger partial charge in [0, 0.05) is 16.8 Å². The van der Waals surface area contributed by atoms with E-state index in [9.17, 15) is 4.79 Å². The molecule has 7 nitrogen and oxygen atoms in total. The van der Waals surface area contributed by atoms with Crippen LogP contribution >= 0.6 is 12.2 Å². The van der Waals surface area contributed by atoms with Crippen molar-refractivity contribution in [3.05, 3.63) is 65.9 Å². The van der Waals surface area contributed by atoms with Gasteiger partial charge in [0.2, 0.25) is 6.79 Å². The summed E-state index contributed by atoms with van der Waals surface area (Å²) in [7, 11) is 0. The van der Waals surface area contributed by atoms with Crippen molar-refractivity contribution in [2.75, 3.05) is 12.1 Å². The number of hydrogen-bond acceptors (Lipinski definition) is 6. The number of furan rings is 1. The van der Waals surface area contributed by atoms with Gasteiger partial charge in [-0.25, -0.2) is 0 Å². The molecular weight excluding hydrogens is 380 g/mol. The van der Waals surface area contributed by atoms with E-state index in [1.807, 2.05) is 24.3 Å². The topological polar surface area (TPSA) is 93.0 Å². The molecule has 2 aromatic carbocycles. The minimum absolute atomic E-state index is 0.142. The van der Waals surface area contributed by atoms with Crippen LogP contribution in [0.1, 0.15) is 16.1 Å². The molecule has 0 atom stereocenters. The van der Waals surface area contributed by atoms with Crippen molar-refractivity contribution in [3.63, 3.8) is 0 Å². The largest absolute Gasteiger partial charge is 0.459 e. The molecule has 1 aromatic heterocycles. The Morgan fingerprint density at radius 2 is 1.82 bits per heavy atom. The normalized spacial score (nSPS) is 11.9. The molecule has 3 N–H and O–H groups in total. The van der Waals surface area contributed by atoms with Gasteiger partial charge in [0.25, 0.3) is 5.91 Å². The van der Waals surface area contributed by atoms with Crippen LogP contribution in [0.15, 0.2) is 59.0 Å². The molecule has 142 valence electrons. The number of carbonyl (C=O) groups excluding carboxylic acids is 1. The number of carbonyl (C=O) groups is 1. The lowest BCUT2D eigenvalue weighted by Crippen LogP contribution is -2.34. The number of ether oxygens (including phenoxy) is 2. The highest BCUT2D eigenvalue weighted by molar-refractivity contribution is 7.80. The minimum atomic E-state index is -0.348. The molecule has 0 aliphatic carbocycles. The van der Waals surface area contributed by atoms with Crippen LogP contribution in [0.5, 0.6) is 11.5 Å². The Morgan fingerprint density at radius 1 is 1.04 bits per heavy atom. The molecule has 1 amide bonds. The number of fused-ring (bicyclic) bond motifs is 1. The number of aliphatic hydroxyl groups is 1. The fourth-order valence-corrected chi connectivity index (χ4v) is 2.92. The summed E-state index contributed by atoms with van der Waals surface area (Å²) in [6.45, 7) is 0.00661. The standard InChI is InChI=1S/C20H16N2O5S/c23-10-15-6-8-16(27-15)12-1-4-14(5-2-12)21-20(28)22-19(24)13-3-7-17-18(9-13)26-11-25-17/h1-9,23H,10-11H2,(H2,21,22,24,28). The zero-order chi connectivity index (χ0) is 19.5. The van der Waals surface area contributed by atoms with Gasteiger partial charge in [-0.05, 0) is 66.8 Å². The van der Waals surface area contributed by atoms with E-state index in [1.165, 1.54) is 0 Å². The molecule has 4 rings (SSSR count). The Bertz CT molecular complexity index is 1030. The number of benzene rings is 2. The quantitative estimate of drug-likeness (QED) is 0.583. The Hall–Kier alpha value is -3.36. The minimum Gasteiger partial charge on any atom is -0.459 e. The van der Waals surface area contributed by atoms with Gasteiger partial charge in [-0.1, -0.05) is 0 Å². The Balaban J connectivity index is 1.37. The van der Waals surface area contributed by atoms with E-state index in [0.29, 0.717) is 34.3 Å². The number of anilines is 1. The number of amides is 1. The lowest BCUT2D eigenvalue weighted by atomic mass is 10.1. The van der Waals surface area contributed by atoms with Crippen molar-refractivity contribution in [2.45, 2.75) is 6.61 Å². The van der Waals surface area contributed by atoms with E-state index in [4.69, 9.17) is 31.2 Å². The van der Waals surface area contributed by atoms with Gasteiger partial charge in [-0.15, -0.1) is 0 Å². The Kier molecular flexibility index (Phi) is 4.96. The number of hydrogen-bond donors (Lipinski definition) is 3. The first-order valence-corrected chi connectivity index (χ1v) is 8.85. The second kappa shape index (κ2) is 7.71. The highest BCUT2D eigenvalue weighted by atomic mass is 32.1. The molecule has 2 heterocycles. The van der Waals surface area contributed by atoms with E-state index in [-0.39, 0.29) is 24.4 Å². The summed E-state index contributed by atoms with van der Waals surface area (Å²) in [6.07, 6.45) is 0. The smallest absolute Gasteiger partial charge is 0.257 e. The molecule has 3 aromatic rings. The van der Waals surface area contributed by atoms with Gasteiger partial charge >= 0.3 is 0 Å². The summed E-state index contributed by atoms with van der Waals surface area (Å²) in [5, 5.41) is 14.8. The van der Waals surface area contributed by atoms with E-state index in [2.05, 4.69) is 10.6 Å². The second-order valence-corrected chi connectivity index (χ2v) is 6.39. The van der Waals surface area contributed by atoms with Crippen LogP contribution in [-0.2, 0) is 6.61 Å². The van der Waals surface area contributed by atoms with Crippen LogP contribution in [0.25, 0.3) is 11.3 Å². The summed E-state index contributed by atoms with van der Waals surface area (Å²) in [5.74, 6) is 1.96. The molecule has 8 heteroatoms. The summed E-state index contributed by atoms with van der Waals surface area (Å²) in [4.78, 5) is 12.3. The predicted molar refractivity (Wildman–Crippen MR) is 106 cm³/mol. The van der Waals surface area contributed by atoms with Gasteiger partial charge in [0.05, 0.1) is 0 Å². The van der Waals surface area contributed by atoms with Gasteiger partial charge < -0.3 is 24.3 Å². The predicted octanol–water partition coefficient (Wildman–Crippen LogP) is 3.29. The summed E-state index contributed by atoms with van der Waals surface area (Å²) >= 11 is 5.21. The summed E-state index contributed by atoms with van der Waals surface area (Å²) < 4.78 is 16.0. The van der Waals surface area contributed by atoms with Gasteiger partial charge in [0.15, 0.2) is 16.6 Å². The van der Waals surface area contributed by atoms with E-state index < -0.39 is 0 Å². The van der Waals surface area contributed by atoms with Crippen molar-refractivity contribution >= 4 is 28.9 Å². The first-order valence-electron chi connectivity index (χ1n) is 8.44. The Morgan fingerprint density at radius 3 is 2.57 bits per heavy atom. The lowest BCUT2D eigenvalue weighted by molar-refractivity contribution is 0.0977. The van der Waals surface area contributed by atoms with Crippen molar-refractivity contribution in [3.8, 4) is 22.8 Å². The molecule has 0 spiro atoms. The lowest BCUT2D eigenvalue weighted by Gasteiger charge is -2.10. The maximum atomic E-state index is 12.3. The highest BCUT2D eigenvalue weighted by Crippen LogP contribution is 2.32. The third-order valence-electron chi connectivity index (χ3n) is 4.11. The molecule has 1 aliphatic rings. The zero-order valence-corrected chi connectivity index (χ0v) is 15.4. The van der Waals surface area contributed by atoms with Crippen LogP contribution in [-0.4, -0.2) is 22.9 Å². The monoisotopic (exact) mass is 396 g/mol. The van der Waals surface area contributed by atoms with E-state index in [1.54, 1.807) is 30.3 Å². The van der Waals surface area contributed by atoms with E-state index in [0.717, 1.165) is 5.56 Å². The second-order valence-electron chi connectivity index (χ2n) is 5.98. The summed E-state index contributed by atoms with van der Waals surface area (Å²) in [6, 6.07) is 15.8. The maximum Gasteiger partial charge on any atom is 0.257 e. The van der Waals surface area contributed by atoms with Crippen molar-refractivity contribution < 1.29 is 23.8 Å². The van der Waals surface area contributed by atoms with Crippen molar-refractivity contribution in [1.29, 1.82) is 0 Å². The molecule has 0 radical (unpaired) electrons. The number of nitrogens with one attached hydrogen (secondary N) is 2. The van der Waals surface area contributed by atoms with Gasteiger partial charge in [-0.3, -0.25) is 10.1 Å². The molecule has 0 saturated heterocycles. The highest BCUT2D eigenvalue weighted by Gasteiger charge is 2.16.